The van der Waals surface area contributed by atoms with Gasteiger partial charge in [0.1, 0.15) is 11.6 Å². The van der Waals surface area contributed by atoms with Crippen molar-refractivity contribution in [3.05, 3.63) is 90.5 Å². The van der Waals surface area contributed by atoms with Crippen molar-refractivity contribution in [2.24, 2.45) is 11.8 Å². The number of nitrogens with zero attached hydrogens (tertiary/aromatic N) is 3. The lowest BCUT2D eigenvalue weighted by Gasteiger charge is -2.35. The largest absolute Gasteiger partial charge is 0.396 e. The molecule has 0 saturated carbocycles. The van der Waals surface area contributed by atoms with E-state index in [9.17, 15) is 19.5 Å². The Bertz CT molecular complexity index is 1330. The number of aliphatic hydroxyl groups excluding tert-OH is 1. The molecule has 4 aliphatic rings. The van der Waals surface area contributed by atoms with Crippen LogP contribution in [0.3, 0.4) is 0 Å². The fourth-order valence-electron chi connectivity index (χ4n) is 6.96. The van der Waals surface area contributed by atoms with Crippen LogP contribution in [-0.2, 0) is 25.7 Å². The standard InChI is InChI=1S/C33H37N3O5/c37-22-10-2-1-9-20-36-29-32(40)34(23-24-13-5-3-6-14-24)19-12-18-33(29)28(31(36)39)27-26(41-33)17-11-21-35(30(27)38)25-15-7-4-8-16-25/h3-8,11-18,26-29,37H,1-2,9-10,19-23H2/t26-,27+,28-,29?,33-/m0/s1. The average Bonchev–Trinajstić information content (AvgIpc) is 3.30. The van der Waals surface area contributed by atoms with E-state index in [1.165, 1.54) is 0 Å². The number of amides is 3. The third-order valence-corrected chi connectivity index (χ3v) is 8.83. The van der Waals surface area contributed by atoms with E-state index in [-0.39, 0.29) is 24.3 Å². The maximum Gasteiger partial charge on any atom is 0.249 e. The second-order valence-electron chi connectivity index (χ2n) is 11.3. The molecule has 0 radical (unpaired) electrons. The van der Waals surface area contributed by atoms with Crippen LogP contribution in [0, 0.1) is 11.8 Å². The first kappa shape index (κ1) is 27.4. The Kier molecular flexibility index (Phi) is 7.77. The number of aliphatic hydroxyl groups is 1. The number of para-hydroxylation sites is 1. The summed E-state index contributed by atoms with van der Waals surface area (Å²) >= 11 is 0. The average molecular weight is 556 g/mol. The number of unbranched alkanes of at least 4 members (excludes halogenated alkanes) is 3. The van der Waals surface area contributed by atoms with Crippen molar-refractivity contribution in [3.63, 3.8) is 0 Å². The van der Waals surface area contributed by atoms with Gasteiger partial charge in [-0.2, -0.15) is 0 Å². The van der Waals surface area contributed by atoms with Gasteiger partial charge in [0.2, 0.25) is 17.7 Å². The first-order chi connectivity index (χ1) is 20.0. The molecule has 4 heterocycles. The van der Waals surface area contributed by atoms with Crippen LogP contribution < -0.4 is 4.90 Å². The van der Waals surface area contributed by atoms with Crippen molar-refractivity contribution < 1.29 is 24.2 Å². The van der Waals surface area contributed by atoms with Crippen molar-refractivity contribution in [2.45, 2.75) is 50.0 Å². The van der Waals surface area contributed by atoms with Crippen LogP contribution in [0.5, 0.6) is 0 Å². The zero-order valence-electron chi connectivity index (χ0n) is 23.2. The number of hydrogen-bond donors (Lipinski definition) is 1. The summed E-state index contributed by atoms with van der Waals surface area (Å²) in [4.78, 5) is 48.1. The quantitative estimate of drug-likeness (QED) is 0.379. The van der Waals surface area contributed by atoms with Crippen molar-refractivity contribution in [2.75, 3.05) is 31.1 Å². The highest BCUT2D eigenvalue weighted by molar-refractivity contribution is 6.03. The number of fused-ring (bicyclic) bond motifs is 2. The highest BCUT2D eigenvalue weighted by atomic mass is 16.5. The summed E-state index contributed by atoms with van der Waals surface area (Å²) in [5.41, 5.74) is 0.559. The normalized spacial score (nSPS) is 28.9. The van der Waals surface area contributed by atoms with Crippen LogP contribution in [-0.4, -0.2) is 76.6 Å². The highest BCUT2D eigenvalue weighted by Crippen LogP contribution is 2.53. The van der Waals surface area contributed by atoms with Crippen LogP contribution in [0.2, 0.25) is 0 Å². The minimum atomic E-state index is -1.22. The number of benzene rings is 2. The molecule has 4 aliphatic heterocycles. The molecule has 0 bridgehead atoms. The Morgan fingerprint density at radius 2 is 1.56 bits per heavy atom. The first-order valence-electron chi connectivity index (χ1n) is 14.7. The van der Waals surface area contributed by atoms with Crippen LogP contribution >= 0.6 is 0 Å². The van der Waals surface area contributed by atoms with Crippen molar-refractivity contribution >= 4 is 23.4 Å². The van der Waals surface area contributed by atoms with E-state index in [2.05, 4.69) is 0 Å². The molecule has 1 N–H and O–H groups in total. The number of carbonyl (C=O) groups excluding carboxylic acids is 3. The smallest absolute Gasteiger partial charge is 0.249 e. The van der Waals surface area contributed by atoms with E-state index >= 15 is 0 Å². The Morgan fingerprint density at radius 3 is 2.32 bits per heavy atom. The molecule has 214 valence electrons. The SMILES string of the molecule is O=C1C2N(CCCCCCO)C(=O)[C@@H]3[C@@H]4C(=O)N(c5ccccc5)CC=C[C@@H]4O[C@]23C=CCN1Cc1ccccc1. The summed E-state index contributed by atoms with van der Waals surface area (Å²) in [5.74, 6) is -2.04. The Balaban J connectivity index is 1.36. The lowest BCUT2D eigenvalue weighted by atomic mass is 9.77. The lowest BCUT2D eigenvalue weighted by molar-refractivity contribution is -0.147. The van der Waals surface area contributed by atoms with E-state index in [1.54, 1.807) is 14.7 Å². The van der Waals surface area contributed by atoms with Gasteiger partial charge in [0.05, 0.1) is 17.9 Å². The first-order valence-corrected chi connectivity index (χ1v) is 14.7. The fourth-order valence-corrected chi connectivity index (χ4v) is 6.96. The molecule has 1 spiro atoms. The number of ether oxygens (including phenoxy) is 1. The topological polar surface area (TPSA) is 90.4 Å². The minimum Gasteiger partial charge on any atom is -0.396 e. The number of anilines is 1. The molecule has 5 atom stereocenters. The van der Waals surface area contributed by atoms with Gasteiger partial charge < -0.3 is 24.5 Å². The molecule has 0 aromatic heterocycles. The predicted octanol–water partition coefficient (Wildman–Crippen LogP) is 3.32. The van der Waals surface area contributed by atoms with Crippen LogP contribution in [0.4, 0.5) is 5.69 Å². The maximum absolute atomic E-state index is 14.4. The van der Waals surface area contributed by atoms with Crippen LogP contribution in [0.1, 0.15) is 31.2 Å². The van der Waals surface area contributed by atoms with Gasteiger partial charge in [0.15, 0.2) is 0 Å². The van der Waals surface area contributed by atoms with Crippen molar-refractivity contribution in [1.29, 1.82) is 0 Å². The summed E-state index contributed by atoms with van der Waals surface area (Å²) in [6.07, 6.45) is 10.2. The van der Waals surface area contributed by atoms with E-state index in [4.69, 9.17) is 4.74 Å². The second kappa shape index (κ2) is 11.6. The number of carbonyl (C=O) groups is 3. The second-order valence-corrected chi connectivity index (χ2v) is 11.3. The predicted molar refractivity (Wildman–Crippen MR) is 155 cm³/mol. The molecule has 8 nitrogen and oxygen atoms in total. The number of rotatable bonds is 9. The number of likely N-dealkylation sites (tertiary alicyclic amines) is 1. The zero-order chi connectivity index (χ0) is 28.4. The van der Waals surface area contributed by atoms with Gasteiger partial charge >= 0.3 is 0 Å². The lowest BCUT2D eigenvalue weighted by Crippen LogP contribution is -2.55. The zero-order valence-corrected chi connectivity index (χ0v) is 23.2. The summed E-state index contributed by atoms with van der Waals surface area (Å²) in [5, 5.41) is 9.18. The molecular weight excluding hydrogens is 518 g/mol. The number of hydrogen-bond acceptors (Lipinski definition) is 5. The monoisotopic (exact) mass is 555 g/mol. The summed E-state index contributed by atoms with van der Waals surface area (Å²) in [6.45, 7) is 1.76. The summed E-state index contributed by atoms with van der Waals surface area (Å²) in [7, 11) is 0. The van der Waals surface area contributed by atoms with Gasteiger partial charge in [-0.3, -0.25) is 14.4 Å². The molecule has 3 amide bonds. The van der Waals surface area contributed by atoms with E-state index in [0.717, 1.165) is 24.1 Å². The molecule has 2 aromatic rings. The van der Waals surface area contributed by atoms with Crippen molar-refractivity contribution in [1.82, 2.24) is 9.80 Å². The van der Waals surface area contributed by atoms with Crippen molar-refractivity contribution in [3.8, 4) is 0 Å². The molecule has 0 aliphatic carbocycles. The molecular formula is C33H37N3O5. The molecule has 2 aromatic carbocycles. The fraction of sp³-hybridized carbons (Fsp3) is 0.424. The van der Waals surface area contributed by atoms with Gasteiger partial charge in [-0.15, -0.1) is 0 Å². The van der Waals surface area contributed by atoms with Gasteiger partial charge in [0, 0.05) is 38.5 Å². The Hall–Kier alpha value is -3.75. The van der Waals surface area contributed by atoms with Gasteiger partial charge in [-0.1, -0.05) is 85.7 Å². The van der Waals surface area contributed by atoms with E-state index < -0.39 is 29.6 Å². The Labute approximate surface area is 240 Å². The summed E-state index contributed by atoms with van der Waals surface area (Å²) < 4.78 is 6.75. The molecule has 1 unspecified atom stereocenters. The van der Waals surface area contributed by atoms with Crippen LogP contribution in [0.15, 0.2) is 85.0 Å². The molecule has 41 heavy (non-hydrogen) atoms. The molecule has 8 heteroatoms. The van der Waals surface area contributed by atoms with Gasteiger partial charge in [-0.25, -0.2) is 0 Å². The third kappa shape index (κ3) is 4.89. The summed E-state index contributed by atoms with van der Waals surface area (Å²) in [6, 6.07) is 18.5. The third-order valence-electron chi connectivity index (χ3n) is 8.83. The highest BCUT2D eigenvalue weighted by Gasteiger charge is 2.71. The van der Waals surface area contributed by atoms with Gasteiger partial charge in [0.25, 0.3) is 0 Å². The van der Waals surface area contributed by atoms with E-state index in [1.807, 2.05) is 85.0 Å². The van der Waals surface area contributed by atoms with Crippen LogP contribution in [0.25, 0.3) is 0 Å². The molecule has 2 saturated heterocycles. The Morgan fingerprint density at radius 1 is 0.829 bits per heavy atom. The van der Waals surface area contributed by atoms with Gasteiger partial charge in [-0.05, 0) is 30.5 Å². The molecule has 2 fully saturated rings. The minimum absolute atomic E-state index is 0.138. The van der Waals surface area contributed by atoms with E-state index in [0.29, 0.717) is 39.0 Å². The maximum atomic E-state index is 14.4. The molecule has 6 rings (SSSR count).